The van der Waals surface area contributed by atoms with Gasteiger partial charge in [0.15, 0.2) is 0 Å². The lowest BCUT2D eigenvalue weighted by Gasteiger charge is -2.15. The zero-order valence-corrected chi connectivity index (χ0v) is 9.04. The second-order valence-corrected chi connectivity index (χ2v) is 4.30. The Balaban J connectivity index is 1.97. The van der Waals surface area contributed by atoms with E-state index in [1.165, 1.54) is 25.5 Å². The van der Waals surface area contributed by atoms with Crippen LogP contribution < -0.4 is 5.32 Å². The predicted octanol–water partition coefficient (Wildman–Crippen LogP) is 2.67. The van der Waals surface area contributed by atoms with Crippen LogP contribution in [0.5, 0.6) is 0 Å². The van der Waals surface area contributed by atoms with Crippen LogP contribution in [0.1, 0.15) is 37.3 Å². The molecule has 15 heavy (non-hydrogen) atoms. The summed E-state index contributed by atoms with van der Waals surface area (Å²) in [6.45, 7) is 0. The first-order chi connectivity index (χ1) is 7.29. The van der Waals surface area contributed by atoms with Crippen LogP contribution in [0.4, 0.5) is 4.39 Å². The average Bonchev–Trinajstić information content (AvgIpc) is 3.03. The zero-order chi connectivity index (χ0) is 10.7. The summed E-state index contributed by atoms with van der Waals surface area (Å²) in [6, 6.07) is 1.81. The summed E-state index contributed by atoms with van der Waals surface area (Å²) in [6.07, 6.45) is 8.05. The van der Waals surface area contributed by atoms with Gasteiger partial charge in [-0.15, -0.1) is 0 Å². The maximum Gasteiger partial charge on any atom is 0.141 e. The van der Waals surface area contributed by atoms with Gasteiger partial charge < -0.3 is 5.32 Å². The van der Waals surface area contributed by atoms with Crippen molar-refractivity contribution in [3.63, 3.8) is 0 Å². The number of nitrogens with zero attached hydrogens (tertiary/aromatic N) is 1. The maximum atomic E-state index is 13.0. The number of halogens is 1. The van der Waals surface area contributed by atoms with Gasteiger partial charge in [0.25, 0.3) is 0 Å². The molecule has 1 unspecified atom stereocenters. The first kappa shape index (κ1) is 10.6. The van der Waals surface area contributed by atoms with E-state index in [1.807, 2.05) is 7.05 Å². The Kier molecular flexibility index (Phi) is 3.31. The lowest BCUT2D eigenvalue weighted by Crippen LogP contribution is -2.16. The van der Waals surface area contributed by atoms with Crippen molar-refractivity contribution in [3.05, 3.63) is 29.8 Å². The van der Waals surface area contributed by atoms with Crippen LogP contribution >= 0.6 is 0 Å². The first-order valence-corrected chi connectivity index (χ1v) is 5.57. The Bertz CT molecular complexity index is 323. The Morgan fingerprint density at radius 2 is 2.33 bits per heavy atom. The van der Waals surface area contributed by atoms with E-state index in [0.717, 1.165) is 17.9 Å². The molecule has 1 aromatic rings. The molecule has 1 aromatic heterocycles. The minimum atomic E-state index is -0.251. The molecule has 1 N–H and O–H groups in total. The zero-order valence-electron chi connectivity index (χ0n) is 9.04. The second kappa shape index (κ2) is 4.71. The standard InChI is InChI=1S/C12H17FN2/c1-14-12(5-4-9-2-3-9)10-6-11(13)8-15-7-10/h6-9,12,14H,2-5H2,1H3. The van der Waals surface area contributed by atoms with E-state index in [-0.39, 0.29) is 11.9 Å². The molecule has 1 aliphatic carbocycles. The number of nitrogens with one attached hydrogen (secondary N) is 1. The molecule has 3 heteroatoms. The SMILES string of the molecule is CNC(CCC1CC1)c1cncc(F)c1. The quantitative estimate of drug-likeness (QED) is 0.804. The normalized spacial score (nSPS) is 17.7. The third-order valence-electron chi connectivity index (χ3n) is 3.04. The van der Waals surface area contributed by atoms with Crippen LogP contribution in [0.2, 0.25) is 0 Å². The van der Waals surface area contributed by atoms with E-state index >= 15 is 0 Å². The number of aromatic nitrogens is 1. The van der Waals surface area contributed by atoms with E-state index in [9.17, 15) is 4.39 Å². The van der Waals surface area contributed by atoms with E-state index in [2.05, 4.69) is 10.3 Å². The maximum absolute atomic E-state index is 13.0. The minimum absolute atomic E-state index is 0.244. The highest BCUT2D eigenvalue weighted by molar-refractivity contribution is 5.14. The fourth-order valence-electron chi connectivity index (χ4n) is 1.91. The van der Waals surface area contributed by atoms with Gasteiger partial charge in [0, 0.05) is 12.2 Å². The molecule has 0 bridgehead atoms. The molecule has 1 atom stereocenters. The van der Waals surface area contributed by atoms with Gasteiger partial charge in [0.05, 0.1) is 6.20 Å². The molecule has 0 aliphatic heterocycles. The Morgan fingerprint density at radius 1 is 1.53 bits per heavy atom. The molecule has 1 aliphatic rings. The molecule has 0 aromatic carbocycles. The van der Waals surface area contributed by atoms with E-state index in [0.29, 0.717) is 0 Å². The Hall–Kier alpha value is -0.960. The second-order valence-electron chi connectivity index (χ2n) is 4.30. The van der Waals surface area contributed by atoms with Crippen molar-refractivity contribution in [2.45, 2.75) is 31.7 Å². The highest BCUT2D eigenvalue weighted by Gasteiger charge is 2.22. The summed E-state index contributed by atoms with van der Waals surface area (Å²) in [7, 11) is 1.92. The molecule has 0 spiro atoms. The highest BCUT2D eigenvalue weighted by Crippen LogP contribution is 2.35. The van der Waals surface area contributed by atoms with Crippen molar-refractivity contribution >= 4 is 0 Å². The Morgan fingerprint density at radius 3 is 2.93 bits per heavy atom. The van der Waals surface area contributed by atoms with Crippen molar-refractivity contribution in [1.82, 2.24) is 10.3 Å². The van der Waals surface area contributed by atoms with Gasteiger partial charge in [0.1, 0.15) is 5.82 Å². The molecule has 2 nitrogen and oxygen atoms in total. The third-order valence-corrected chi connectivity index (χ3v) is 3.04. The minimum Gasteiger partial charge on any atom is -0.313 e. The number of hydrogen-bond acceptors (Lipinski definition) is 2. The molecule has 1 fully saturated rings. The fourth-order valence-corrected chi connectivity index (χ4v) is 1.91. The Labute approximate surface area is 89.9 Å². The number of hydrogen-bond donors (Lipinski definition) is 1. The summed E-state index contributed by atoms with van der Waals surface area (Å²) in [5.74, 6) is 0.668. The fraction of sp³-hybridized carbons (Fsp3) is 0.583. The van der Waals surface area contributed by atoms with Gasteiger partial charge >= 0.3 is 0 Å². The molecule has 0 amide bonds. The largest absolute Gasteiger partial charge is 0.313 e. The van der Waals surface area contributed by atoms with Gasteiger partial charge in [-0.2, -0.15) is 0 Å². The summed E-state index contributed by atoms with van der Waals surface area (Å²) in [4.78, 5) is 3.88. The van der Waals surface area contributed by atoms with Gasteiger partial charge in [-0.05, 0) is 37.4 Å². The summed E-state index contributed by atoms with van der Waals surface area (Å²) >= 11 is 0. The number of rotatable bonds is 5. The van der Waals surface area contributed by atoms with Gasteiger partial charge in [-0.25, -0.2) is 4.39 Å². The summed E-state index contributed by atoms with van der Waals surface area (Å²) in [5.41, 5.74) is 0.957. The van der Waals surface area contributed by atoms with E-state index < -0.39 is 0 Å². The molecule has 1 heterocycles. The molecular formula is C12H17FN2. The van der Waals surface area contributed by atoms with Crippen molar-refractivity contribution in [2.75, 3.05) is 7.05 Å². The van der Waals surface area contributed by atoms with Crippen LogP contribution in [0.3, 0.4) is 0 Å². The molecule has 0 radical (unpaired) electrons. The molecule has 82 valence electrons. The van der Waals surface area contributed by atoms with Crippen LogP contribution in [-0.4, -0.2) is 12.0 Å². The molecular weight excluding hydrogens is 191 g/mol. The number of pyridine rings is 1. The lowest BCUT2D eigenvalue weighted by molar-refractivity contribution is 0.500. The van der Waals surface area contributed by atoms with Crippen LogP contribution in [0, 0.1) is 11.7 Å². The smallest absolute Gasteiger partial charge is 0.141 e. The summed E-state index contributed by atoms with van der Waals surface area (Å²) < 4.78 is 13.0. The highest BCUT2D eigenvalue weighted by atomic mass is 19.1. The molecule has 1 saturated carbocycles. The van der Waals surface area contributed by atoms with Crippen LogP contribution in [0.15, 0.2) is 18.5 Å². The lowest BCUT2D eigenvalue weighted by atomic mass is 10.0. The van der Waals surface area contributed by atoms with Crippen molar-refractivity contribution < 1.29 is 4.39 Å². The van der Waals surface area contributed by atoms with Crippen LogP contribution in [-0.2, 0) is 0 Å². The first-order valence-electron chi connectivity index (χ1n) is 5.57. The molecule has 0 saturated heterocycles. The van der Waals surface area contributed by atoms with Gasteiger partial charge in [-0.1, -0.05) is 12.8 Å². The van der Waals surface area contributed by atoms with Crippen molar-refractivity contribution in [2.24, 2.45) is 5.92 Å². The van der Waals surface area contributed by atoms with Gasteiger partial charge in [-0.3, -0.25) is 4.98 Å². The van der Waals surface area contributed by atoms with Crippen molar-refractivity contribution in [3.8, 4) is 0 Å². The van der Waals surface area contributed by atoms with Crippen LogP contribution in [0.25, 0.3) is 0 Å². The monoisotopic (exact) mass is 208 g/mol. The average molecular weight is 208 g/mol. The summed E-state index contributed by atoms with van der Waals surface area (Å²) in [5, 5.41) is 3.22. The van der Waals surface area contributed by atoms with E-state index in [4.69, 9.17) is 0 Å². The predicted molar refractivity (Wildman–Crippen MR) is 58.0 cm³/mol. The topological polar surface area (TPSA) is 24.9 Å². The van der Waals surface area contributed by atoms with E-state index in [1.54, 1.807) is 12.3 Å². The van der Waals surface area contributed by atoms with Gasteiger partial charge in [0.2, 0.25) is 0 Å². The molecule has 2 rings (SSSR count). The third kappa shape index (κ3) is 2.99. The van der Waals surface area contributed by atoms with Crippen molar-refractivity contribution in [1.29, 1.82) is 0 Å².